The summed E-state index contributed by atoms with van der Waals surface area (Å²) in [5, 5.41) is 10.1. The van der Waals surface area contributed by atoms with Gasteiger partial charge in [0.1, 0.15) is 0 Å². The Labute approximate surface area is 152 Å². The molecule has 0 fully saturated rings. The van der Waals surface area contributed by atoms with Gasteiger partial charge in [-0.15, -0.1) is 0 Å². The quantitative estimate of drug-likeness (QED) is 0.656. The Bertz CT molecular complexity index is 901. The van der Waals surface area contributed by atoms with Crippen LogP contribution in [-0.2, 0) is 13.0 Å². The molecule has 0 radical (unpaired) electrons. The second-order valence-electron chi connectivity index (χ2n) is 6.52. The number of rotatable bonds is 5. The van der Waals surface area contributed by atoms with Crippen molar-refractivity contribution in [2.45, 2.75) is 32.9 Å². The fourth-order valence-corrected chi connectivity index (χ4v) is 3.57. The summed E-state index contributed by atoms with van der Waals surface area (Å²) in [6.45, 7) is 6.08. The maximum atomic E-state index is 10.1. The largest absolute Gasteiger partial charge is 0.504 e. The standard InChI is InChI=1S/C19H23N5O2/c1-3-26-17-8-13(4-5-16(17)25)19-18-14(21-11-23-18)6-7-24(19)9-15-12(2)20-10-22-15/h4-5,8,10-11,19,25H,3,6-7,9H2,1-2H3,(H,20,22)(H,21,23)/t19-/m0/s1. The first-order chi connectivity index (χ1) is 12.7. The fourth-order valence-electron chi connectivity index (χ4n) is 3.57. The molecule has 1 aliphatic heterocycles. The number of hydrogen-bond donors (Lipinski definition) is 3. The molecule has 1 aliphatic rings. The number of imidazole rings is 2. The van der Waals surface area contributed by atoms with Gasteiger partial charge in [-0.2, -0.15) is 0 Å². The molecule has 3 N–H and O–H groups in total. The summed E-state index contributed by atoms with van der Waals surface area (Å²) in [6, 6.07) is 5.54. The highest BCUT2D eigenvalue weighted by Gasteiger charge is 2.32. The first-order valence-electron chi connectivity index (χ1n) is 8.88. The lowest BCUT2D eigenvalue weighted by Crippen LogP contribution is -2.36. The third-order valence-electron chi connectivity index (χ3n) is 4.91. The Morgan fingerprint density at radius 3 is 2.88 bits per heavy atom. The summed E-state index contributed by atoms with van der Waals surface area (Å²) < 4.78 is 5.58. The summed E-state index contributed by atoms with van der Waals surface area (Å²) in [5.41, 5.74) is 5.36. The van der Waals surface area contributed by atoms with E-state index in [9.17, 15) is 5.11 Å². The van der Waals surface area contributed by atoms with Crippen molar-refractivity contribution in [3.05, 3.63) is 59.2 Å². The predicted molar refractivity (Wildman–Crippen MR) is 97.1 cm³/mol. The molecule has 0 amide bonds. The molecule has 1 aromatic carbocycles. The van der Waals surface area contributed by atoms with Crippen LogP contribution in [0.4, 0.5) is 0 Å². The number of ether oxygens (including phenoxy) is 1. The number of aryl methyl sites for hydroxylation is 1. The van der Waals surface area contributed by atoms with E-state index in [0.717, 1.165) is 47.8 Å². The van der Waals surface area contributed by atoms with Crippen LogP contribution >= 0.6 is 0 Å². The van der Waals surface area contributed by atoms with Crippen LogP contribution in [-0.4, -0.2) is 43.1 Å². The molecule has 7 heteroatoms. The van der Waals surface area contributed by atoms with Crippen LogP contribution in [0.3, 0.4) is 0 Å². The third-order valence-corrected chi connectivity index (χ3v) is 4.91. The van der Waals surface area contributed by atoms with E-state index in [2.05, 4.69) is 24.8 Å². The average Bonchev–Trinajstić information content (AvgIpc) is 3.26. The highest BCUT2D eigenvalue weighted by Crippen LogP contribution is 2.38. The van der Waals surface area contributed by atoms with E-state index in [1.807, 2.05) is 26.0 Å². The average molecular weight is 353 g/mol. The summed E-state index contributed by atoms with van der Waals surface area (Å²) in [5.74, 6) is 0.659. The van der Waals surface area contributed by atoms with Crippen molar-refractivity contribution in [1.82, 2.24) is 24.8 Å². The minimum absolute atomic E-state index is 0.0130. The lowest BCUT2D eigenvalue weighted by atomic mass is 9.95. The first-order valence-corrected chi connectivity index (χ1v) is 8.88. The van der Waals surface area contributed by atoms with Crippen LogP contribution in [0.2, 0.25) is 0 Å². The number of nitrogens with one attached hydrogen (secondary N) is 2. The van der Waals surface area contributed by atoms with Gasteiger partial charge in [0, 0.05) is 30.9 Å². The van der Waals surface area contributed by atoms with Gasteiger partial charge in [0.25, 0.3) is 0 Å². The SMILES string of the molecule is CCOc1cc([C@H]2c3nc[nH]c3CCN2Cc2nc[nH]c2C)ccc1O. The predicted octanol–water partition coefficient (Wildman–Crippen LogP) is 2.69. The Morgan fingerprint density at radius 1 is 1.27 bits per heavy atom. The van der Waals surface area contributed by atoms with Gasteiger partial charge in [-0.1, -0.05) is 6.07 Å². The lowest BCUT2D eigenvalue weighted by Gasteiger charge is -2.35. The van der Waals surface area contributed by atoms with E-state index in [4.69, 9.17) is 4.74 Å². The van der Waals surface area contributed by atoms with E-state index in [0.29, 0.717) is 12.4 Å². The third kappa shape index (κ3) is 2.94. The first kappa shape index (κ1) is 16.7. The second-order valence-corrected chi connectivity index (χ2v) is 6.52. The van der Waals surface area contributed by atoms with Gasteiger partial charge in [-0.25, -0.2) is 9.97 Å². The van der Waals surface area contributed by atoms with Crippen LogP contribution in [0, 0.1) is 6.92 Å². The number of H-pyrrole nitrogens is 2. The van der Waals surface area contributed by atoms with Crippen LogP contribution in [0.1, 0.15) is 41.3 Å². The minimum Gasteiger partial charge on any atom is -0.504 e. The number of benzene rings is 1. The van der Waals surface area contributed by atoms with Gasteiger partial charge < -0.3 is 19.8 Å². The van der Waals surface area contributed by atoms with Gasteiger partial charge in [-0.05, 0) is 31.5 Å². The Kier molecular flexibility index (Phi) is 4.38. The summed E-state index contributed by atoms with van der Waals surface area (Å²) in [7, 11) is 0. The molecule has 0 unspecified atom stereocenters. The molecule has 0 bridgehead atoms. The molecule has 2 aromatic heterocycles. The topological polar surface area (TPSA) is 90.1 Å². The molecule has 3 aromatic rings. The summed E-state index contributed by atoms with van der Waals surface area (Å²) in [4.78, 5) is 17.8. The van der Waals surface area contributed by atoms with E-state index in [1.165, 1.54) is 0 Å². The summed E-state index contributed by atoms with van der Waals surface area (Å²) >= 11 is 0. The molecule has 7 nitrogen and oxygen atoms in total. The lowest BCUT2D eigenvalue weighted by molar-refractivity contribution is 0.197. The number of phenolic OH excluding ortho intramolecular Hbond substituents is 1. The molecular formula is C19H23N5O2. The minimum atomic E-state index is -0.0130. The van der Waals surface area contributed by atoms with Gasteiger partial charge in [0.15, 0.2) is 11.5 Å². The van der Waals surface area contributed by atoms with Gasteiger partial charge in [0.2, 0.25) is 0 Å². The second kappa shape index (κ2) is 6.84. The zero-order valence-corrected chi connectivity index (χ0v) is 15.0. The molecule has 0 aliphatic carbocycles. The normalized spacial score (nSPS) is 17.2. The van der Waals surface area contributed by atoms with E-state index >= 15 is 0 Å². The van der Waals surface area contributed by atoms with Crippen molar-refractivity contribution >= 4 is 0 Å². The molecule has 26 heavy (non-hydrogen) atoms. The van der Waals surface area contributed by atoms with Crippen LogP contribution in [0.15, 0.2) is 30.9 Å². The molecular weight excluding hydrogens is 330 g/mol. The van der Waals surface area contributed by atoms with E-state index in [1.54, 1.807) is 18.7 Å². The van der Waals surface area contributed by atoms with Crippen molar-refractivity contribution < 1.29 is 9.84 Å². The van der Waals surface area contributed by atoms with E-state index in [-0.39, 0.29) is 11.8 Å². The number of hydrogen-bond acceptors (Lipinski definition) is 5. The highest BCUT2D eigenvalue weighted by atomic mass is 16.5. The molecule has 136 valence electrons. The van der Waals surface area contributed by atoms with Crippen LogP contribution in [0.25, 0.3) is 0 Å². The van der Waals surface area contributed by atoms with Crippen molar-refractivity contribution in [2.24, 2.45) is 0 Å². The zero-order valence-electron chi connectivity index (χ0n) is 15.0. The number of aromatic nitrogens is 4. The Morgan fingerprint density at radius 2 is 2.12 bits per heavy atom. The number of fused-ring (bicyclic) bond motifs is 1. The van der Waals surface area contributed by atoms with Crippen molar-refractivity contribution in [1.29, 1.82) is 0 Å². The number of aromatic amines is 2. The smallest absolute Gasteiger partial charge is 0.161 e. The maximum absolute atomic E-state index is 10.1. The summed E-state index contributed by atoms with van der Waals surface area (Å²) in [6.07, 6.45) is 4.41. The molecule has 1 atom stereocenters. The monoisotopic (exact) mass is 353 g/mol. The van der Waals surface area contributed by atoms with Gasteiger partial charge in [0.05, 0.1) is 36.7 Å². The van der Waals surface area contributed by atoms with Crippen molar-refractivity contribution in [2.75, 3.05) is 13.2 Å². The zero-order chi connectivity index (χ0) is 18.1. The molecule has 3 heterocycles. The molecule has 0 saturated carbocycles. The molecule has 0 saturated heterocycles. The fraction of sp³-hybridized carbons (Fsp3) is 0.368. The number of aromatic hydroxyl groups is 1. The van der Waals surface area contributed by atoms with Gasteiger partial charge in [-0.3, -0.25) is 4.90 Å². The maximum Gasteiger partial charge on any atom is 0.161 e. The van der Waals surface area contributed by atoms with Gasteiger partial charge >= 0.3 is 0 Å². The number of phenols is 1. The van der Waals surface area contributed by atoms with Crippen molar-refractivity contribution in [3.63, 3.8) is 0 Å². The Balaban J connectivity index is 1.74. The van der Waals surface area contributed by atoms with Crippen LogP contribution < -0.4 is 4.74 Å². The van der Waals surface area contributed by atoms with E-state index < -0.39 is 0 Å². The Hall–Kier alpha value is -2.80. The molecule has 4 rings (SSSR count). The van der Waals surface area contributed by atoms with Crippen molar-refractivity contribution in [3.8, 4) is 11.5 Å². The number of nitrogens with zero attached hydrogens (tertiary/aromatic N) is 3. The molecule has 0 spiro atoms. The highest BCUT2D eigenvalue weighted by molar-refractivity contribution is 5.45. The van der Waals surface area contributed by atoms with Crippen LogP contribution in [0.5, 0.6) is 11.5 Å².